The van der Waals surface area contributed by atoms with Crippen LogP contribution in [0.5, 0.6) is 0 Å². The quantitative estimate of drug-likeness (QED) is 0.844. The third kappa shape index (κ3) is 2.69. The third-order valence-corrected chi connectivity index (χ3v) is 3.01. The number of hydrogen-bond acceptors (Lipinski definition) is 4. The lowest BCUT2D eigenvalue weighted by Gasteiger charge is -2.26. The topological polar surface area (TPSA) is 83.6 Å². The molecule has 1 unspecified atom stereocenters. The summed E-state index contributed by atoms with van der Waals surface area (Å²) >= 11 is 0. The van der Waals surface area contributed by atoms with Gasteiger partial charge in [0, 0.05) is 12.1 Å². The van der Waals surface area contributed by atoms with E-state index in [-0.39, 0.29) is 18.4 Å². The van der Waals surface area contributed by atoms with Crippen LogP contribution in [-0.2, 0) is 16.0 Å². The molecule has 0 bridgehead atoms. The Balaban J connectivity index is 2.06. The van der Waals surface area contributed by atoms with E-state index in [4.69, 9.17) is 9.63 Å². The van der Waals surface area contributed by atoms with Gasteiger partial charge in [-0.25, -0.2) is 4.79 Å². The molecule has 0 radical (unpaired) electrons. The number of aliphatic carboxylic acids is 1. The van der Waals surface area contributed by atoms with Gasteiger partial charge in [-0.3, -0.25) is 4.79 Å². The van der Waals surface area contributed by atoms with Gasteiger partial charge in [0.05, 0.1) is 12.1 Å². The minimum Gasteiger partial charge on any atom is -0.480 e. The summed E-state index contributed by atoms with van der Waals surface area (Å²) in [6.45, 7) is 3.28. The average molecular weight is 252 g/mol. The van der Waals surface area contributed by atoms with E-state index in [1.54, 1.807) is 13.0 Å². The molecule has 98 valence electrons. The zero-order valence-corrected chi connectivity index (χ0v) is 10.4. The van der Waals surface area contributed by atoms with Crippen molar-refractivity contribution in [1.29, 1.82) is 0 Å². The minimum absolute atomic E-state index is 0.0663. The van der Waals surface area contributed by atoms with E-state index >= 15 is 0 Å². The van der Waals surface area contributed by atoms with Crippen LogP contribution in [0.25, 0.3) is 0 Å². The molecule has 1 aliphatic rings. The molecule has 2 rings (SSSR count). The first-order valence-corrected chi connectivity index (χ1v) is 5.95. The van der Waals surface area contributed by atoms with Crippen LogP contribution in [-0.4, -0.2) is 39.1 Å². The summed E-state index contributed by atoms with van der Waals surface area (Å²) in [6, 6.07) is 0.962. The Labute approximate surface area is 105 Å². The molecule has 0 spiro atoms. The predicted octanol–water partition coefficient (Wildman–Crippen LogP) is 0.990. The van der Waals surface area contributed by atoms with Crippen molar-refractivity contribution in [2.45, 2.75) is 45.2 Å². The fourth-order valence-corrected chi connectivity index (χ4v) is 1.96. The molecule has 1 aliphatic carbocycles. The molecular formula is C12H16N2O4. The summed E-state index contributed by atoms with van der Waals surface area (Å²) in [5.41, 5.74) is 0.542. The lowest BCUT2D eigenvalue weighted by molar-refractivity contribution is -0.149. The minimum atomic E-state index is -0.980. The normalized spacial score (nSPS) is 16.3. The summed E-state index contributed by atoms with van der Waals surface area (Å²) in [5.74, 6) is -0.547. The molecular weight excluding hydrogens is 236 g/mol. The van der Waals surface area contributed by atoms with Crippen LogP contribution in [0.2, 0.25) is 0 Å². The van der Waals surface area contributed by atoms with Gasteiger partial charge >= 0.3 is 5.97 Å². The molecule has 1 atom stereocenters. The first kappa shape index (κ1) is 12.6. The summed E-state index contributed by atoms with van der Waals surface area (Å²) in [5, 5.41) is 12.8. The maximum Gasteiger partial charge on any atom is 0.326 e. The Hall–Kier alpha value is -1.85. The van der Waals surface area contributed by atoms with Gasteiger partial charge in [-0.05, 0) is 26.7 Å². The van der Waals surface area contributed by atoms with Gasteiger partial charge in [-0.1, -0.05) is 5.16 Å². The van der Waals surface area contributed by atoms with Crippen molar-refractivity contribution < 1.29 is 19.2 Å². The van der Waals surface area contributed by atoms with Crippen LogP contribution >= 0.6 is 0 Å². The number of carboxylic acids is 1. The van der Waals surface area contributed by atoms with Crippen molar-refractivity contribution >= 4 is 11.9 Å². The predicted molar refractivity (Wildman–Crippen MR) is 61.9 cm³/mol. The monoisotopic (exact) mass is 252 g/mol. The van der Waals surface area contributed by atoms with Crippen molar-refractivity contribution in [2.24, 2.45) is 0 Å². The van der Waals surface area contributed by atoms with Gasteiger partial charge in [0.2, 0.25) is 5.91 Å². The lowest BCUT2D eigenvalue weighted by Crippen LogP contribution is -2.45. The Morgan fingerprint density at radius 3 is 2.72 bits per heavy atom. The summed E-state index contributed by atoms with van der Waals surface area (Å²) in [7, 11) is 0. The molecule has 18 heavy (non-hydrogen) atoms. The molecule has 0 saturated heterocycles. The van der Waals surface area contributed by atoms with E-state index < -0.39 is 12.0 Å². The number of nitrogens with zero attached hydrogens (tertiary/aromatic N) is 2. The number of carboxylic acid groups (broad SMARTS) is 1. The van der Waals surface area contributed by atoms with Gasteiger partial charge < -0.3 is 14.5 Å². The third-order valence-electron chi connectivity index (χ3n) is 3.01. The summed E-state index contributed by atoms with van der Waals surface area (Å²) in [4.78, 5) is 24.6. The maximum atomic E-state index is 12.1. The molecule has 1 aromatic rings. The van der Waals surface area contributed by atoms with Gasteiger partial charge in [-0.15, -0.1) is 0 Å². The second-order valence-corrected chi connectivity index (χ2v) is 4.65. The fourth-order valence-electron chi connectivity index (χ4n) is 1.96. The number of amides is 1. The Morgan fingerprint density at radius 2 is 2.28 bits per heavy atom. The van der Waals surface area contributed by atoms with Crippen LogP contribution in [0, 0.1) is 6.92 Å². The molecule has 1 heterocycles. The largest absolute Gasteiger partial charge is 0.480 e. The molecule has 1 saturated carbocycles. The zero-order valence-electron chi connectivity index (χ0n) is 10.4. The molecule has 1 fully saturated rings. The van der Waals surface area contributed by atoms with E-state index in [2.05, 4.69) is 5.16 Å². The molecule has 6 heteroatoms. The zero-order chi connectivity index (χ0) is 13.3. The summed E-state index contributed by atoms with van der Waals surface area (Å²) < 4.78 is 4.89. The number of aryl methyl sites for hydroxylation is 1. The number of rotatable bonds is 5. The lowest BCUT2D eigenvalue weighted by atomic mass is 10.2. The van der Waals surface area contributed by atoms with Gasteiger partial charge in [-0.2, -0.15) is 0 Å². The van der Waals surface area contributed by atoms with Gasteiger partial charge in [0.1, 0.15) is 11.8 Å². The molecule has 1 aromatic heterocycles. The van der Waals surface area contributed by atoms with Crippen LogP contribution in [0.15, 0.2) is 10.6 Å². The van der Waals surface area contributed by atoms with E-state index in [9.17, 15) is 9.59 Å². The van der Waals surface area contributed by atoms with Gasteiger partial charge in [0.15, 0.2) is 0 Å². The van der Waals surface area contributed by atoms with Crippen molar-refractivity contribution in [3.8, 4) is 0 Å². The van der Waals surface area contributed by atoms with Crippen LogP contribution in [0.1, 0.15) is 31.2 Å². The molecule has 1 N–H and O–H groups in total. The van der Waals surface area contributed by atoms with E-state index in [0.717, 1.165) is 12.8 Å². The SMILES string of the molecule is Cc1cc(CC(=O)N(C2CC2)C(C)C(=O)O)no1. The van der Waals surface area contributed by atoms with E-state index in [1.165, 1.54) is 11.8 Å². The molecule has 1 amide bonds. The second kappa shape index (κ2) is 4.80. The van der Waals surface area contributed by atoms with Crippen molar-refractivity contribution in [1.82, 2.24) is 10.1 Å². The highest BCUT2D eigenvalue weighted by Gasteiger charge is 2.38. The average Bonchev–Trinajstić information content (AvgIpc) is 3.03. The highest BCUT2D eigenvalue weighted by atomic mass is 16.5. The smallest absolute Gasteiger partial charge is 0.326 e. The Kier molecular flexibility index (Phi) is 3.36. The Morgan fingerprint density at radius 1 is 1.61 bits per heavy atom. The Bertz CT molecular complexity index is 464. The van der Waals surface area contributed by atoms with Gasteiger partial charge in [0.25, 0.3) is 0 Å². The second-order valence-electron chi connectivity index (χ2n) is 4.65. The van der Waals surface area contributed by atoms with Crippen LogP contribution in [0.3, 0.4) is 0 Å². The van der Waals surface area contributed by atoms with E-state index in [1.807, 2.05) is 0 Å². The fraction of sp³-hybridized carbons (Fsp3) is 0.583. The number of carbonyl (C=O) groups is 2. The van der Waals surface area contributed by atoms with Crippen LogP contribution in [0.4, 0.5) is 0 Å². The molecule has 0 aromatic carbocycles. The highest BCUT2D eigenvalue weighted by Crippen LogP contribution is 2.29. The van der Waals surface area contributed by atoms with Crippen molar-refractivity contribution in [3.63, 3.8) is 0 Å². The molecule has 6 nitrogen and oxygen atoms in total. The molecule has 0 aliphatic heterocycles. The first-order valence-electron chi connectivity index (χ1n) is 5.95. The standard InChI is InChI=1S/C12H16N2O4/c1-7-5-9(13-18-7)6-11(15)14(10-3-4-10)8(2)12(16)17/h5,8,10H,3-4,6H2,1-2H3,(H,16,17). The van der Waals surface area contributed by atoms with Crippen LogP contribution < -0.4 is 0 Å². The number of hydrogen-bond donors (Lipinski definition) is 1. The first-order chi connectivity index (χ1) is 8.49. The van der Waals surface area contributed by atoms with Crippen molar-refractivity contribution in [3.05, 3.63) is 17.5 Å². The van der Waals surface area contributed by atoms with E-state index in [0.29, 0.717) is 11.5 Å². The highest BCUT2D eigenvalue weighted by molar-refractivity contribution is 5.85. The number of aromatic nitrogens is 1. The summed E-state index contributed by atoms with van der Waals surface area (Å²) in [6.07, 6.45) is 1.84. The number of carbonyl (C=O) groups excluding carboxylic acids is 1. The van der Waals surface area contributed by atoms with Crippen molar-refractivity contribution in [2.75, 3.05) is 0 Å². The maximum absolute atomic E-state index is 12.1.